The Morgan fingerprint density at radius 3 is 2.32 bits per heavy atom. The Kier molecular flexibility index (Phi) is 2.53. The Labute approximate surface area is 114 Å². The molecule has 4 saturated carbocycles. The van der Waals surface area contributed by atoms with Crippen LogP contribution in [0.1, 0.15) is 63.1 Å². The number of aromatic nitrogens is 2. The van der Waals surface area contributed by atoms with Crippen molar-refractivity contribution >= 4 is 0 Å². The van der Waals surface area contributed by atoms with E-state index in [1.54, 1.807) is 0 Å². The highest BCUT2D eigenvalue weighted by atomic mass is 16.5. The number of hydrogen-bond donors (Lipinski definition) is 1. The van der Waals surface area contributed by atoms with Crippen LogP contribution in [-0.2, 0) is 5.41 Å². The molecular weight excluding hydrogens is 238 g/mol. The minimum Gasteiger partial charge on any atom is -0.339 e. The van der Waals surface area contributed by atoms with E-state index in [-0.39, 0.29) is 11.3 Å². The van der Waals surface area contributed by atoms with E-state index in [1.807, 2.05) is 0 Å². The second-order valence-electron chi connectivity index (χ2n) is 7.29. The highest BCUT2D eigenvalue weighted by molar-refractivity contribution is 5.16. The molecule has 5 rings (SSSR count). The lowest BCUT2D eigenvalue weighted by Crippen LogP contribution is -2.49. The fourth-order valence-corrected chi connectivity index (χ4v) is 5.14. The summed E-state index contributed by atoms with van der Waals surface area (Å²) in [6, 6.07) is 0. The molecule has 0 saturated heterocycles. The van der Waals surface area contributed by atoms with Gasteiger partial charge in [-0.15, -0.1) is 0 Å². The summed E-state index contributed by atoms with van der Waals surface area (Å²) in [6.45, 7) is 2.62. The zero-order valence-corrected chi connectivity index (χ0v) is 11.6. The van der Waals surface area contributed by atoms with Gasteiger partial charge >= 0.3 is 0 Å². The third-order valence-corrected chi connectivity index (χ3v) is 5.73. The average molecular weight is 261 g/mol. The standard InChI is InChI=1S/C15H23N3O/c1-9(8-16)13-17-14(18-19-13)15-5-10-2-11(6-15)4-12(3-10)7-15/h9-12H,2-8,16H2,1H3. The van der Waals surface area contributed by atoms with Crippen LogP contribution >= 0.6 is 0 Å². The van der Waals surface area contributed by atoms with Crippen molar-refractivity contribution in [3.05, 3.63) is 11.7 Å². The topological polar surface area (TPSA) is 64.9 Å². The van der Waals surface area contributed by atoms with E-state index in [9.17, 15) is 0 Å². The van der Waals surface area contributed by atoms with Crippen molar-refractivity contribution < 1.29 is 4.52 Å². The minimum absolute atomic E-state index is 0.176. The van der Waals surface area contributed by atoms with Gasteiger partial charge < -0.3 is 10.3 Å². The molecule has 4 nitrogen and oxygen atoms in total. The van der Waals surface area contributed by atoms with Crippen LogP contribution in [-0.4, -0.2) is 16.7 Å². The van der Waals surface area contributed by atoms with E-state index in [1.165, 1.54) is 38.5 Å². The Hall–Kier alpha value is -0.900. The van der Waals surface area contributed by atoms with Gasteiger partial charge in [0.2, 0.25) is 5.89 Å². The van der Waals surface area contributed by atoms with E-state index in [0.717, 1.165) is 29.5 Å². The SMILES string of the molecule is CC(CN)c1nc(C23CC4CC(CC(C4)C2)C3)no1. The molecular formula is C15H23N3O. The van der Waals surface area contributed by atoms with Crippen molar-refractivity contribution in [2.75, 3.05) is 6.54 Å². The summed E-state index contributed by atoms with van der Waals surface area (Å²) in [4.78, 5) is 4.71. The first kappa shape index (κ1) is 11.9. The van der Waals surface area contributed by atoms with Crippen LogP contribution < -0.4 is 5.73 Å². The van der Waals surface area contributed by atoms with E-state index in [0.29, 0.717) is 6.54 Å². The molecule has 104 valence electrons. The second kappa shape index (κ2) is 4.05. The van der Waals surface area contributed by atoms with Crippen LogP contribution in [0.5, 0.6) is 0 Å². The van der Waals surface area contributed by atoms with Gasteiger partial charge in [0.15, 0.2) is 5.82 Å². The predicted octanol–water partition coefficient (Wildman–Crippen LogP) is 2.60. The summed E-state index contributed by atoms with van der Waals surface area (Å²) in [5.41, 5.74) is 5.93. The molecule has 4 bridgehead atoms. The highest BCUT2D eigenvalue weighted by Gasteiger charge is 2.53. The van der Waals surface area contributed by atoms with Gasteiger partial charge in [0.25, 0.3) is 0 Å². The Morgan fingerprint density at radius 2 is 1.79 bits per heavy atom. The quantitative estimate of drug-likeness (QED) is 0.908. The fraction of sp³-hybridized carbons (Fsp3) is 0.867. The molecule has 1 atom stereocenters. The van der Waals surface area contributed by atoms with Gasteiger partial charge in [0.1, 0.15) is 0 Å². The third-order valence-electron chi connectivity index (χ3n) is 5.73. The Morgan fingerprint density at radius 1 is 1.21 bits per heavy atom. The first-order chi connectivity index (χ1) is 9.18. The van der Waals surface area contributed by atoms with Crippen LogP contribution in [0.15, 0.2) is 4.52 Å². The lowest BCUT2D eigenvalue weighted by Gasteiger charge is -2.55. The third kappa shape index (κ3) is 1.76. The van der Waals surface area contributed by atoms with Gasteiger partial charge in [-0.1, -0.05) is 12.1 Å². The monoisotopic (exact) mass is 261 g/mol. The molecule has 4 fully saturated rings. The van der Waals surface area contributed by atoms with Crippen LogP contribution in [0.25, 0.3) is 0 Å². The zero-order valence-electron chi connectivity index (χ0n) is 11.6. The summed E-state index contributed by atoms with van der Waals surface area (Å²) in [5, 5.41) is 4.33. The molecule has 0 aromatic carbocycles. The molecule has 1 unspecified atom stereocenters. The molecule has 1 aromatic rings. The van der Waals surface area contributed by atoms with Crippen LogP contribution in [0, 0.1) is 17.8 Å². The molecule has 1 heterocycles. The highest BCUT2D eigenvalue weighted by Crippen LogP contribution is 2.60. The van der Waals surface area contributed by atoms with Crippen molar-refractivity contribution in [3.8, 4) is 0 Å². The van der Waals surface area contributed by atoms with Gasteiger partial charge in [0, 0.05) is 17.9 Å². The predicted molar refractivity (Wildman–Crippen MR) is 71.6 cm³/mol. The van der Waals surface area contributed by atoms with Crippen LogP contribution in [0.3, 0.4) is 0 Å². The maximum absolute atomic E-state index is 5.69. The first-order valence-corrected chi connectivity index (χ1v) is 7.72. The van der Waals surface area contributed by atoms with Crippen LogP contribution in [0.2, 0.25) is 0 Å². The van der Waals surface area contributed by atoms with Gasteiger partial charge in [-0.05, 0) is 56.3 Å². The van der Waals surface area contributed by atoms with Gasteiger partial charge in [-0.2, -0.15) is 4.98 Å². The summed E-state index contributed by atoms with van der Waals surface area (Å²) in [7, 11) is 0. The van der Waals surface area contributed by atoms with Gasteiger partial charge in [-0.3, -0.25) is 0 Å². The maximum atomic E-state index is 5.69. The van der Waals surface area contributed by atoms with E-state index in [4.69, 9.17) is 15.2 Å². The van der Waals surface area contributed by atoms with Gasteiger partial charge in [0.05, 0.1) is 0 Å². The molecule has 0 aliphatic heterocycles. The lowest BCUT2D eigenvalue weighted by atomic mass is 9.49. The maximum Gasteiger partial charge on any atom is 0.230 e. The van der Waals surface area contributed by atoms with E-state index < -0.39 is 0 Å². The Balaban J connectivity index is 1.66. The summed E-state index contributed by atoms with van der Waals surface area (Å²) < 4.78 is 5.47. The number of hydrogen-bond acceptors (Lipinski definition) is 4. The van der Waals surface area contributed by atoms with Crippen molar-refractivity contribution in [3.63, 3.8) is 0 Å². The molecule has 0 amide bonds. The van der Waals surface area contributed by atoms with E-state index in [2.05, 4.69) is 12.1 Å². The molecule has 4 aliphatic carbocycles. The smallest absolute Gasteiger partial charge is 0.230 e. The minimum atomic E-state index is 0.176. The molecule has 0 spiro atoms. The number of nitrogens with two attached hydrogens (primary N) is 1. The summed E-state index contributed by atoms with van der Waals surface area (Å²) in [5.74, 6) is 4.64. The molecule has 1 aromatic heterocycles. The van der Waals surface area contributed by atoms with Crippen LogP contribution in [0.4, 0.5) is 0 Å². The normalized spacial score (nSPS) is 41.7. The largest absolute Gasteiger partial charge is 0.339 e. The second-order valence-corrected chi connectivity index (χ2v) is 7.29. The van der Waals surface area contributed by atoms with Crippen molar-refractivity contribution in [1.29, 1.82) is 0 Å². The summed E-state index contributed by atoms with van der Waals surface area (Å²) >= 11 is 0. The average Bonchev–Trinajstić information content (AvgIpc) is 2.86. The zero-order chi connectivity index (χ0) is 13.0. The fourth-order valence-electron chi connectivity index (χ4n) is 5.14. The lowest BCUT2D eigenvalue weighted by molar-refractivity contribution is -0.0103. The molecule has 4 aliphatic rings. The number of nitrogens with zero attached hydrogens (tertiary/aromatic N) is 2. The van der Waals surface area contributed by atoms with E-state index >= 15 is 0 Å². The molecule has 19 heavy (non-hydrogen) atoms. The number of rotatable bonds is 3. The molecule has 4 heteroatoms. The van der Waals surface area contributed by atoms with Crippen molar-refractivity contribution in [2.24, 2.45) is 23.5 Å². The van der Waals surface area contributed by atoms with Crippen molar-refractivity contribution in [1.82, 2.24) is 10.1 Å². The molecule has 2 N–H and O–H groups in total. The summed E-state index contributed by atoms with van der Waals surface area (Å²) in [6.07, 6.45) is 8.20. The molecule has 0 radical (unpaired) electrons. The first-order valence-electron chi connectivity index (χ1n) is 7.72. The van der Waals surface area contributed by atoms with Crippen molar-refractivity contribution in [2.45, 2.75) is 56.8 Å². The Bertz CT molecular complexity index is 446. The van der Waals surface area contributed by atoms with Gasteiger partial charge in [-0.25, -0.2) is 0 Å².